The molecule has 0 heterocycles. The molecule has 2 rings (SSSR count). The first-order valence-corrected chi connectivity index (χ1v) is 8.83. The summed E-state index contributed by atoms with van der Waals surface area (Å²) in [5.74, 6) is 0. The summed E-state index contributed by atoms with van der Waals surface area (Å²) in [6.07, 6.45) is 0.576. The molecule has 0 saturated heterocycles. The van der Waals surface area contributed by atoms with Crippen molar-refractivity contribution in [1.82, 2.24) is 4.72 Å². The van der Waals surface area contributed by atoms with Crippen molar-refractivity contribution in [3.63, 3.8) is 0 Å². The first-order chi connectivity index (χ1) is 9.88. The van der Waals surface area contributed by atoms with E-state index >= 15 is 0 Å². The van der Waals surface area contributed by atoms with E-state index < -0.39 is 10.0 Å². The van der Waals surface area contributed by atoms with Crippen molar-refractivity contribution in [3.05, 3.63) is 57.5 Å². The minimum absolute atomic E-state index is 0.0850. The molecule has 0 atom stereocenters. The Balaban J connectivity index is 2.03. The van der Waals surface area contributed by atoms with E-state index in [0.29, 0.717) is 18.0 Å². The van der Waals surface area contributed by atoms with E-state index in [1.54, 1.807) is 24.3 Å². The molecule has 4 nitrogen and oxygen atoms in total. The third-order valence-corrected chi connectivity index (χ3v) is 5.16. The molecule has 0 saturated carbocycles. The first-order valence-electron chi connectivity index (χ1n) is 6.17. The van der Waals surface area contributed by atoms with Crippen LogP contribution in [0.3, 0.4) is 0 Å². The fourth-order valence-electron chi connectivity index (χ4n) is 1.82. The van der Waals surface area contributed by atoms with E-state index in [4.69, 9.17) is 17.3 Å². The Morgan fingerprint density at radius 1 is 1.14 bits per heavy atom. The molecule has 0 aromatic heterocycles. The number of benzene rings is 2. The minimum Gasteiger partial charge on any atom is -0.398 e. The Bertz CT molecular complexity index is 733. The van der Waals surface area contributed by atoms with Crippen molar-refractivity contribution < 1.29 is 8.42 Å². The third-order valence-electron chi connectivity index (χ3n) is 2.88. The van der Waals surface area contributed by atoms with Crippen molar-refractivity contribution in [2.45, 2.75) is 11.3 Å². The average molecular weight is 390 g/mol. The average Bonchev–Trinajstić information content (AvgIpc) is 2.40. The lowest BCUT2D eigenvalue weighted by Crippen LogP contribution is -2.26. The van der Waals surface area contributed by atoms with E-state index in [0.717, 1.165) is 10.0 Å². The molecule has 2 aromatic carbocycles. The largest absolute Gasteiger partial charge is 0.398 e. The maximum atomic E-state index is 12.2. The lowest BCUT2D eigenvalue weighted by molar-refractivity contribution is 0.582. The van der Waals surface area contributed by atoms with Gasteiger partial charge in [-0.3, -0.25) is 0 Å². The molecule has 0 aliphatic carbocycles. The van der Waals surface area contributed by atoms with Crippen LogP contribution in [0.4, 0.5) is 5.69 Å². The molecule has 0 spiro atoms. The Kier molecular flexibility index (Phi) is 5.27. The van der Waals surface area contributed by atoms with Crippen LogP contribution in [0.5, 0.6) is 0 Å². The lowest BCUT2D eigenvalue weighted by atomic mass is 10.2. The number of hydrogen-bond donors (Lipinski definition) is 2. The molecule has 7 heteroatoms. The quantitative estimate of drug-likeness (QED) is 0.771. The van der Waals surface area contributed by atoms with Gasteiger partial charge in [0.1, 0.15) is 4.90 Å². The fraction of sp³-hybridized carbons (Fsp3) is 0.143. The summed E-state index contributed by atoms with van der Waals surface area (Å²) in [5.41, 5.74) is 6.96. The van der Waals surface area contributed by atoms with Crippen molar-refractivity contribution >= 4 is 43.2 Å². The van der Waals surface area contributed by atoms with Gasteiger partial charge in [-0.1, -0.05) is 39.7 Å². The van der Waals surface area contributed by atoms with Gasteiger partial charge < -0.3 is 5.73 Å². The molecule has 0 unspecified atom stereocenters. The van der Waals surface area contributed by atoms with Gasteiger partial charge in [-0.15, -0.1) is 0 Å². The zero-order chi connectivity index (χ0) is 15.5. The number of nitrogens with two attached hydrogens (primary N) is 1. The summed E-state index contributed by atoms with van der Waals surface area (Å²) in [4.78, 5) is 0.0850. The van der Waals surface area contributed by atoms with Gasteiger partial charge >= 0.3 is 0 Å². The normalized spacial score (nSPS) is 11.5. The van der Waals surface area contributed by atoms with Crippen LogP contribution in [0.15, 0.2) is 51.8 Å². The van der Waals surface area contributed by atoms with Crippen LogP contribution in [-0.2, 0) is 16.4 Å². The second-order valence-electron chi connectivity index (χ2n) is 4.46. The number of hydrogen-bond acceptors (Lipinski definition) is 3. The van der Waals surface area contributed by atoms with Crippen molar-refractivity contribution in [2.75, 3.05) is 12.3 Å². The Labute approximate surface area is 137 Å². The second kappa shape index (κ2) is 6.79. The highest BCUT2D eigenvalue weighted by molar-refractivity contribution is 9.10. The van der Waals surface area contributed by atoms with Crippen LogP contribution < -0.4 is 10.5 Å². The Morgan fingerprint density at radius 3 is 2.43 bits per heavy atom. The van der Waals surface area contributed by atoms with E-state index in [2.05, 4.69) is 20.7 Å². The summed E-state index contributed by atoms with van der Waals surface area (Å²) in [7, 11) is -3.61. The summed E-state index contributed by atoms with van der Waals surface area (Å²) in [5, 5.41) is 0.655. The Morgan fingerprint density at radius 2 is 1.81 bits per heavy atom. The molecular formula is C14H14BrClN2O2S. The molecule has 0 bridgehead atoms. The van der Waals surface area contributed by atoms with Gasteiger partial charge in [-0.05, 0) is 42.3 Å². The SMILES string of the molecule is Nc1cc(Br)ccc1S(=O)(=O)NCCc1ccc(Cl)cc1. The van der Waals surface area contributed by atoms with E-state index in [1.165, 1.54) is 6.07 Å². The second-order valence-corrected chi connectivity index (χ2v) is 7.54. The van der Waals surface area contributed by atoms with Crippen LogP contribution in [0.1, 0.15) is 5.56 Å². The highest BCUT2D eigenvalue weighted by Crippen LogP contribution is 2.22. The smallest absolute Gasteiger partial charge is 0.242 e. The standard InChI is InChI=1S/C14H14BrClN2O2S/c15-11-3-6-14(13(17)9-11)21(19,20)18-8-7-10-1-4-12(16)5-2-10/h1-6,9,18H,7-8,17H2. The van der Waals surface area contributed by atoms with Crippen molar-refractivity contribution in [1.29, 1.82) is 0 Å². The summed E-state index contributed by atoms with van der Waals surface area (Å²) < 4.78 is 27.6. The van der Waals surface area contributed by atoms with Crippen LogP contribution in [0, 0.1) is 0 Å². The molecule has 3 N–H and O–H groups in total. The number of sulfonamides is 1. The summed E-state index contributed by atoms with van der Waals surface area (Å²) >= 11 is 9.05. The van der Waals surface area contributed by atoms with Crippen LogP contribution in [0.2, 0.25) is 5.02 Å². The van der Waals surface area contributed by atoms with Crippen molar-refractivity contribution in [3.8, 4) is 0 Å². The van der Waals surface area contributed by atoms with Crippen LogP contribution in [0.25, 0.3) is 0 Å². The van der Waals surface area contributed by atoms with Gasteiger partial charge in [0.2, 0.25) is 10.0 Å². The van der Waals surface area contributed by atoms with E-state index in [1.807, 2.05) is 12.1 Å². The van der Waals surface area contributed by atoms with Crippen LogP contribution >= 0.6 is 27.5 Å². The van der Waals surface area contributed by atoms with Gasteiger partial charge in [-0.2, -0.15) is 0 Å². The molecular weight excluding hydrogens is 376 g/mol. The topological polar surface area (TPSA) is 72.2 Å². The summed E-state index contributed by atoms with van der Waals surface area (Å²) in [6.45, 7) is 0.291. The lowest BCUT2D eigenvalue weighted by Gasteiger charge is -2.09. The molecule has 0 amide bonds. The van der Waals surface area contributed by atoms with Crippen molar-refractivity contribution in [2.24, 2.45) is 0 Å². The number of nitrogen functional groups attached to an aromatic ring is 1. The molecule has 0 aliphatic heterocycles. The summed E-state index contributed by atoms with van der Waals surface area (Å²) in [6, 6.07) is 12.0. The zero-order valence-corrected chi connectivity index (χ0v) is 14.2. The molecule has 112 valence electrons. The van der Waals surface area contributed by atoms with E-state index in [-0.39, 0.29) is 10.6 Å². The first kappa shape index (κ1) is 16.3. The number of rotatable bonds is 5. The highest BCUT2D eigenvalue weighted by atomic mass is 79.9. The van der Waals surface area contributed by atoms with Gasteiger partial charge in [0.15, 0.2) is 0 Å². The monoisotopic (exact) mass is 388 g/mol. The fourth-order valence-corrected chi connectivity index (χ4v) is 3.47. The molecule has 0 aliphatic rings. The molecule has 0 radical (unpaired) electrons. The van der Waals surface area contributed by atoms with Gasteiger partial charge in [0, 0.05) is 16.0 Å². The molecule has 2 aromatic rings. The zero-order valence-electron chi connectivity index (χ0n) is 11.0. The minimum atomic E-state index is -3.61. The predicted octanol–water partition coefficient (Wildman–Crippen LogP) is 3.21. The van der Waals surface area contributed by atoms with Gasteiger partial charge in [0.25, 0.3) is 0 Å². The number of nitrogens with one attached hydrogen (secondary N) is 1. The van der Waals surface area contributed by atoms with E-state index in [9.17, 15) is 8.42 Å². The molecule has 0 fully saturated rings. The predicted molar refractivity (Wildman–Crippen MR) is 88.9 cm³/mol. The highest BCUT2D eigenvalue weighted by Gasteiger charge is 2.16. The Hall–Kier alpha value is -1.08. The maximum Gasteiger partial charge on any atom is 0.242 e. The van der Waals surface area contributed by atoms with Gasteiger partial charge in [0.05, 0.1) is 5.69 Å². The molecule has 21 heavy (non-hydrogen) atoms. The maximum absolute atomic E-state index is 12.2. The van der Waals surface area contributed by atoms with Gasteiger partial charge in [-0.25, -0.2) is 13.1 Å². The van der Waals surface area contributed by atoms with Crippen LogP contribution in [-0.4, -0.2) is 15.0 Å². The number of anilines is 1. The number of halogens is 2. The third kappa shape index (κ3) is 4.44.